The molecule has 3 N–H and O–H groups in total. The zero-order chi connectivity index (χ0) is 17.5. The number of hydrogen-bond donors (Lipinski definition) is 3. The van der Waals surface area contributed by atoms with Gasteiger partial charge >= 0.3 is 12.0 Å². The van der Waals surface area contributed by atoms with E-state index in [9.17, 15) is 18.4 Å². The van der Waals surface area contributed by atoms with Crippen molar-refractivity contribution in [2.45, 2.75) is 12.8 Å². The number of carboxylic acid groups (broad SMARTS) is 1. The molecule has 2 rings (SSSR count). The van der Waals surface area contributed by atoms with E-state index < -0.39 is 23.6 Å². The van der Waals surface area contributed by atoms with Gasteiger partial charge in [-0.25, -0.2) is 13.6 Å². The van der Waals surface area contributed by atoms with E-state index in [4.69, 9.17) is 9.84 Å². The molecule has 0 saturated carbocycles. The van der Waals surface area contributed by atoms with Crippen molar-refractivity contribution in [2.24, 2.45) is 0 Å². The summed E-state index contributed by atoms with van der Waals surface area (Å²) in [7, 11) is 0. The maximum atomic E-state index is 13.6. The van der Waals surface area contributed by atoms with Crippen LogP contribution >= 0.6 is 0 Å². The summed E-state index contributed by atoms with van der Waals surface area (Å²) in [6, 6.07) is 1.36. The first-order chi connectivity index (χ1) is 11.5. The molecule has 1 heterocycles. The Kier molecular flexibility index (Phi) is 6.30. The second-order valence-electron chi connectivity index (χ2n) is 5.26. The van der Waals surface area contributed by atoms with Gasteiger partial charge in [-0.05, 0) is 6.42 Å². The van der Waals surface area contributed by atoms with Crippen molar-refractivity contribution in [3.63, 3.8) is 0 Å². The third-order valence-corrected chi connectivity index (χ3v) is 3.49. The Hall–Kier alpha value is -2.42. The molecule has 0 unspecified atom stereocenters. The number of ether oxygens (including phenoxy) is 1. The lowest BCUT2D eigenvalue weighted by Gasteiger charge is -2.30. The topological polar surface area (TPSA) is 90.9 Å². The maximum Gasteiger partial charge on any atom is 0.319 e. The number of carbonyl (C=O) groups excluding carboxylic acids is 1. The van der Waals surface area contributed by atoms with Crippen LogP contribution in [-0.2, 0) is 9.53 Å². The molecule has 132 valence electrons. The zero-order valence-electron chi connectivity index (χ0n) is 13.0. The summed E-state index contributed by atoms with van der Waals surface area (Å²) in [4.78, 5) is 24.1. The summed E-state index contributed by atoms with van der Waals surface area (Å²) < 4.78 is 32.3. The minimum Gasteiger partial charge on any atom is -0.481 e. The quantitative estimate of drug-likeness (QED) is 0.685. The lowest BCUT2D eigenvalue weighted by Crippen LogP contribution is -2.37. The highest BCUT2D eigenvalue weighted by Gasteiger charge is 2.19. The number of urea groups is 1. The number of nitrogens with one attached hydrogen (secondary N) is 2. The van der Waals surface area contributed by atoms with Crippen LogP contribution in [0.4, 0.5) is 25.0 Å². The fourth-order valence-corrected chi connectivity index (χ4v) is 2.31. The summed E-state index contributed by atoms with van der Waals surface area (Å²) >= 11 is 0. The smallest absolute Gasteiger partial charge is 0.319 e. The van der Waals surface area contributed by atoms with E-state index in [1.165, 1.54) is 0 Å². The highest BCUT2D eigenvalue weighted by atomic mass is 19.2. The van der Waals surface area contributed by atoms with Crippen LogP contribution < -0.4 is 15.5 Å². The number of benzene rings is 1. The molecule has 1 aromatic carbocycles. The predicted octanol–water partition coefficient (Wildman–Crippen LogP) is 1.79. The molecule has 0 radical (unpaired) electrons. The van der Waals surface area contributed by atoms with Crippen LogP contribution in [0.3, 0.4) is 0 Å². The van der Waals surface area contributed by atoms with Crippen molar-refractivity contribution in [3.8, 4) is 0 Å². The van der Waals surface area contributed by atoms with E-state index in [2.05, 4.69) is 10.6 Å². The number of nitrogens with zero attached hydrogens (tertiary/aromatic N) is 1. The minimum atomic E-state index is -1.06. The molecule has 1 fully saturated rings. The van der Waals surface area contributed by atoms with Gasteiger partial charge in [0, 0.05) is 38.2 Å². The van der Waals surface area contributed by atoms with Crippen LogP contribution in [0.25, 0.3) is 0 Å². The number of carbonyl (C=O) groups is 2. The van der Waals surface area contributed by atoms with Crippen LogP contribution in [0.15, 0.2) is 12.1 Å². The van der Waals surface area contributed by atoms with Gasteiger partial charge in [-0.15, -0.1) is 0 Å². The molecule has 1 saturated heterocycles. The lowest BCUT2D eigenvalue weighted by molar-refractivity contribution is -0.137. The Balaban J connectivity index is 2.03. The fraction of sp³-hybridized carbons (Fsp3) is 0.467. The van der Waals surface area contributed by atoms with E-state index in [1.54, 1.807) is 4.90 Å². The molecular formula is C15H19F2N3O4. The first-order valence-corrected chi connectivity index (χ1v) is 7.56. The van der Waals surface area contributed by atoms with Crippen LogP contribution in [0, 0.1) is 11.6 Å². The summed E-state index contributed by atoms with van der Waals surface area (Å²) in [6.07, 6.45) is 0.210. The summed E-state index contributed by atoms with van der Waals surface area (Å²) in [5.74, 6) is -3.01. The molecule has 0 aliphatic carbocycles. The molecule has 1 aromatic rings. The predicted molar refractivity (Wildman–Crippen MR) is 83.3 cm³/mol. The number of aliphatic carboxylic acids is 1. The number of amides is 2. The number of rotatable bonds is 6. The average Bonchev–Trinajstić information content (AvgIpc) is 2.55. The van der Waals surface area contributed by atoms with Gasteiger partial charge in [-0.1, -0.05) is 0 Å². The molecular weight excluding hydrogens is 324 g/mol. The summed E-state index contributed by atoms with van der Waals surface area (Å²) in [5.41, 5.74) is 0.518. The number of halogens is 2. The van der Waals surface area contributed by atoms with Gasteiger partial charge in [0.2, 0.25) is 0 Å². The van der Waals surface area contributed by atoms with Crippen LogP contribution in [0.1, 0.15) is 12.8 Å². The number of carboxylic acids is 1. The SMILES string of the molecule is O=C(O)CCCNC(=O)Nc1cc(F)c(F)cc1N1CCOCC1. The molecule has 1 aliphatic rings. The zero-order valence-corrected chi connectivity index (χ0v) is 13.0. The standard InChI is InChI=1S/C15H19F2N3O4/c16-10-8-12(19-15(23)18-3-1-2-14(21)22)13(9-11(10)17)20-4-6-24-7-5-20/h8-9H,1-7H2,(H,21,22)(H2,18,19,23). The van der Waals surface area contributed by atoms with Gasteiger partial charge in [0.25, 0.3) is 0 Å². The van der Waals surface area contributed by atoms with Gasteiger partial charge in [0.15, 0.2) is 11.6 Å². The van der Waals surface area contributed by atoms with Gasteiger partial charge < -0.3 is 25.4 Å². The van der Waals surface area contributed by atoms with Crippen molar-refractivity contribution in [3.05, 3.63) is 23.8 Å². The normalized spacial score (nSPS) is 14.3. The third kappa shape index (κ3) is 5.05. The van der Waals surface area contributed by atoms with Crippen molar-refractivity contribution < 1.29 is 28.2 Å². The maximum absolute atomic E-state index is 13.6. The molecule has 7 nitrogen and oxygen atoms in total. The molecule has 0 aromatic heterocycles. The third-order valence-electron chi connectivity index (χ3n) is 3.49. The van der Waals surface area contributed by atoms with Crippen LogP contribution in [-0.4, -0.2) is 50.0 Å². The molecule has 0 atom stereocenters. The Labute approximate surface area is 137 Å². The van der Waals surface area contributed by atoms with E-state index in [0.29, 0.717) is 32.0 Å². The van der Waals surface area contributed by atoms with E-state index in [-0.39, 0.29) is 25.1 Å². The second-order valence-corrected chi connectivity index (χ2v) is 5.26. The van der Waals surface area contributed by atoms with Gasteiger partial charge in [-0.2, -0.15) is 0 Å². The van der Waals surface area contributed by atoms with Crippen molar-refractivity contribution in [1.82, 2.24) is 5.32 Å². The largest absolute Gasteiger partial charge is 0.481 e. The number of hydrogen-bond acceptors (Lipinski definition) is 4. The first-order valence-electron chi connectivity index (χ1n) is 7.56. The average molecular weight is 343 g/mol. The van der Waals surface area contributed by atoms with Crippen LogP contribution in [0.2, 0.25) is 0 Å². The Morgan fingerprint density at radius 1 is 1.21 bits per heavy atom. The highest BCUT2D eigenvalue weighted by molar-refractivity contribution is 5.93. The lowest BCUT2D eigenvalue weighted by atomic mass is 10.2. The summed E-state index contributed by atoms with van der Waals surface area (Å²) in [5, 5.41) is 13.5. The Morgan fingerprint density at radius 2 is 1.88 bits per heavy atom. The molecule has 0 spiro atoms. The van der Waals surface area contributed by atoms with Gasteiger partial charge in [0.1, 0.15) is 0 Å². The van der Waals surface area contributed by atoms with Crippen LogP contribution in [0.5, 0.6) is 0 Å². The van der Waals surface area contributed by atoms with Gasteiger partial charge in [0.05, 0.1) is 24.6 Å². The number of anilines is 2. The number of morpholine rings is 1. The highest BCUT2D eigenvalue weighted by Crippen LogP contribution is 2.29. The summed E-state index contributed by atoms with van der Waals surface area (Å²) in [6.45, 7) is 2.08. The van der Waals surface area contributed by atoms with E-state index in [1.807, 2.05) is 0 Å². The molecule has 2 amide bonds. The molecule has 0 bridgehead atoms. The van der Waals surface area contributed by atoms with Gasteiger partial charge in [-0.3, -0.25) is 4.79 Å². The molecule has 1 aliphatic heterocycles. The molecule has 9 heteroatoms. The van der Waals surface area contributed by atoms with Crippen molar-refractivity contribution >= 4 is 23.4 Å². The Bertz CT molecular complexity index is 607. The fourth-order valence-electron chi connectivity index (χ4n) is 2.31. The monoisotopic (exact) mass is 343 g/mol. The second kappa shape index (κ2) is 8.44. The van der Waals surface area contributed by atoms with Crippen molar-refractivity contribution in [2.75, 3.05) is 43.1 Å². The first kappa shape index (κ1) is 17.9. The van der Waals surface area contributed by atoms with E-state index in [0.717, 1.165) is 12.1 Å². The molecule has 24 heavy (non-hydrogen) atoms. The minimum absolute atomic E-state index is 0.0650. The van der Waals surface area contributed by atoms with Crippen molar-refractivity contribution in [1.29, 1.82) is 0 Å². The van der Waals surface area contributed by atoms with E-state index >= 15 is 0 Å². The Morgan fingerprint density at radius 3 is 2.54 bits per heavy atom.